The van der Waals surface area contributed by atoms with Gasteiger partial charge in [-0.2, -0.15) is 0 Å². The molecule has 92 valence electrons. The summed E-state index contributed by atoms with van der Waals surface area (Å²) < 4.78 is 5.07. The van der Waals surface area contributed by atoms with Crippen LogP contribution in [0.2, 0.25) is 0 Å². The number of methoxy groups -OCH3 is 1. The van der Waals surface area contributed by atoms with Gasteiger partial charge < -0.3 is 9.84 Å². The molecule has 1 aromatic carbocycles. The summed E-state index contributed by atoms with van der Waals surface area (Å²) in [6.45, 7) is 0. The Kier molecular flexibility index (Phi) is 3.43. The Bertz CT molecular complexity index is 601. The highest BCUT2D eigenvalue weighted by atomic mass is 32.1. The molecular formula is C13H10O4S. The van der Waals surface area contributed by atoms with Crippen LogP contribution in [0.15, 0.2) is 30.3 Å². The van der Waals surface area contributed by atoms with E-state index in [1.807, 2.05) is 0 Å². The van der Waals surface area contributed by atoms with Crippen LogP contribution in [0.1, 0.15) is 20.0 Å². The van der Waals surface area contributed by atoms with Gasteiger partial charge in [0.2, 0.25) is 0 Å². The van der Waals surface area contributed by atoms with Gasteiger partial charge in [-0.25, -0.2) is 4.79 Å². The Labute approximate surface area is 107 Å². The number of carboxylic acids is 1. The van der Waals surface area contributed by atoms with Crippen LogP contribution in [0, 0.1) is 0 Å². The Balaban J connectivity index is 2.52. The van der Waals surface area contributed by atoms with Crippen LogP contribution >= 0.6 is 11.3 Å². The first-order valence-electron chi connectivity index (χ1n) is 5.12. The van der Waals surface area contributed by atoms with Crippen LogP contribution in [0.4, 0.5) is 0 Å². The van der Waals surface area contributed by atoms with Crippen molar-refractivity contribution in [1.29, 1.82) is 0 Å². The molecule has 0 aliphatic carbocycles. The Hall–Kier alpha value is -2.14. The fourth-order valence-corrected chi connectivity index (χ4v) is 2.36. The molecule has 0 amide bonds. The fourth-order valence-electron chi connectivity index (χ4n) is 1.55. The summed E-state index contributed by atoms with van der Waals surface area (Å²) in [5, 5.41) is 9.02. The monoisotopic (exact) mass is 262 g/mol. The summed E-state index contributed by atoms with van der Waals surface area (Å²) in [4.78, 5) is 23.1. The van der Waals surface area contributed by atoms with Crippen molar-refractivity contribution >= 4 is 23.6 Å². The van der Waals surface area contributed by atoms with Gasteiger partial charge in [0.1, 0.15) is 5.75 Å². The quantitative estimate of drug-likeness (QED) is 0.860. The molecule has 0 spiro atoms. The lowest BCUT2D eigenvalue weighted by Crippen LogP contribution is -1.97. The lowest BCUT2D eigenvalue weighted by molar-refractivity contribution is 0.0696. The van der Waals surface area contributed by atoms with Gasteiger partial charge in [0.05, 0.1) is 17.6 Å². The molecular weight excluding hydrogens is 252 g/mol. The second kappa shape index (κ2) is 5.01. The molecule has 1 heterocycles. The van der Waals surface area contributed by atoms with Gasteiger partial charge in [0, 0.05) is 4.88 Å². The molecule has 5 heteroatoms. The first-order chi connectivity index (χ1) is 8.63. The minimum absolute atomic E-state index is 0.158. The molecule has 2 aromatic rings. The topological polar surface area (TPSA) is 63.6 Å². The molecule has 0 aliphatic rings. The molecule has 18 heavy (non-hydrogen) atoms. The summed E-state index contributed by atoms with van der Waals surface area (Å²) in [5.41, 5.74) is 0.884. The van der Waals surface area contributed by atoms with Gasteiger partial charge in [0.15, 0.2) is 6.29 Å². The van der Waals surface area contributed by atoms with Crippen molar-refractivity contribution in [3.05, 3.63) is 40.8 Å². The smallest absolute Gasteiger partial charge is 0.335 e. The van der Waals surface area contributed by atoms with Crippen LogP contribution in [0.25, 0.3) is 10.4 Å². The third kappa shape index (κ3) is 2.41. The second-order valence-corrected chi connectivity index (χ2v) is 4.69. The molecule has 0 unspecified atom stereocenters. The SMILES string of the molecule is COc1cc(C(=O)O)cc(-c2ccc(C=O)s2)c1. The van der Waals surface area contributed by atoms with Crippen LogP contribution in [-0.2, 0) is 0 Å². The maximum atomic E-state index is 11.0. The van der Waals surface area contributed by atoms with E-state index in [9.17, 15) is 9.59 Å². The zero-order valence-corrected chi connectivity index (χ0v) is 10.4. The van der Waals surface area contributed by atoms with Gasteiger partial charge in [-0.3, -0.25) is 4.79 Å². The number of hydrogen-bond acceptors (Lipinski definition) is 4. The third-order valence-corrected chi connectivity index (χ3v) is 3.48. The van der Waals surface area contributed by atoms with Gasteiger partial charge >= 0.3 is 5.97 Å². The summed E-state index contributed by atoms with van der Waals surface area (Å²) in [7, 11) is 1.48. The van der Waals surface area contributed by atoms with Crippen molar-refractivity contribution in [2.75, 3.05) is 7.11 Å². The van der Waals surface area contributed by atoms with Gasteiger partial charge in [-0.05, 0) is 35.9 Å². The number of hydrogen-bond donors (Lipinski definition) is 1. The number of aromatic carboxylic acids is 1. The molecule has 0 saturated carbocycles. The summed E-state index contributed by atoms with van der Waals surface area (Å²) in [5.74, 6) is -0.534. The highest BCUT2D eigenvalue weighted by molar-refractivity contribution is 7.17. The number of carbonyl (C=O) groups excluding carboxylic acids is 1. The molecule has 0 atom stereocenters. The number of thiophene rings is 1. The Morgan fingerprint density at radius 3 is 2.67 bits per heavy atom. The van der Waals surface area contributed by atoms with E-state index in [1.165, 1.54) is 24.5 Å². The summed E-state index contributed by atoms with van der Waals surface area (Å²) in [6.07, 6.45) is 0.770. The van der Waals surface area contributed by atoms with E-state index in [2.05, 4.69) is 0 Å². The van der Waals surface area contributed by atoms with E-state index >= 15 is 0 Å². The lowest BCUT2D eigenvalue weighted by Gasteiger charge is -2.05. The molecule has 1 aromatic heterocycles. The van der Waals surface area contributed by atoms with Gasteiger partial charge in [0.25, 0.3) is 0 Å². The lowest BCUT2D eigenvalue weighted by atomic mass is 10.1. The Morgan fingerprint density at radius 2 is 2.11 bits per heavy atom. The number of carbonyl (C=O) groups is 2. The molecule has 4 nitrogen and oxygen atoms in total. The molecule has 0 radical (unpaired) electrons. The number of carboxylic acid groups (broad SMARTS) is 1. The molecule has 0 fully saturated rings. The summed E-state index contributed by atoms with van der Waals surface area (Å²) in [6, 6.07) is 8.25. The van der Waals surface area contributed by atoms with Gasteiger partial charge in [-0.15, -0.1) is 11.3 Å². The van der Waals surface area contributed by atoms with E-state index in [4.69, 9.17) is 9.84 Å². The predicted molar refractivity (Wildman–Crippen MR) is 68.7 cm³/mol. The number of rotatable bonds is 4. The first kappa shape index (κ1) is 12.3. The largest absolute Gasteiger partial charge is 0.497 e. The van der Waals surface area contributed by atoms with E-state index in [0.29, 0.717) is 10.6 Å². The normalized spacial score (nSPS) is 10.1. The molecule has 0 aliphatic heterocycles. The van der Waals surface area contributed by atoms with Crippen molar-refractivity contribution in [2.45, 2.75) is 0 Å². The van der Waals surface area contributed by atoms with Crippen molar-refractivity contribution in [3.8, 4) is 16.2 Å². The van der Waals surface area contributed by atoms with Crippen molar-refractivity contribution in [1.82, 2.24) is 0 Å². The highest BCUT2D eigenvalue weighted by Crippen LogP contribution is 2.31. The highest BCUT2D eigenvalue weighted by Gasteiger charge is 2.10. The minimum Gasteiger partial charge on any atom is -0.497 e. The van der Waals surface area contributed by atoms with E-state index in [-0.39, 0.29) is 5.56 Å². The van der Waals surface area contributed by atoms with E-state index in [1.54, 1.807) is 24.3 Å². The maximum absolute atomic E-state index is 11.0. The zero-order valence-electron chi connectivity index (χ0n) is 9.54. The number of benzene rings is 1. The maximum Gasteiger partial charge on any atom is 0.335 e. The van der Waals surface area contributed by atoms with Crippen LogP contribution in [0.5, 0.6) is 5.75 Å². The Morgan fingerprint density at radius 1 is 1.33 bits per heavy atom. The fraction of sp³-hybridized carbons (Fsp3) is 0.0769. The summed E-state index contributed by atoms with van der Waals surface area (Å²) >= 11 is 1.31. The molecule has 2 rings (SSSR count). The average molecular weight is 262 g/mol. The third-order valence-electron chi connectivity index (χ3n) is 2.42. The van der Waals surface area contributed by atoms with Crippen LogP contribution < -0.4 is 4.74 Å². The van der Waals surface area contributed by atoms with Gasteiger partial charge in [-0.1, -0.05) is 0 Å². The zero-order chi connectivity index (χ0) is 13.1. The second-order valence-electron chi connectivity index (χ2n) is 3.58. The predicted octanol–water partition coefficient (Wildman–Crippen LogP) is 2.93. The molecule has 1 N–H and O–H groups in total. The number of aldehydes is 1. The first-order valence-corrected chi connectivity index (χ1v) is 5.93. The van der Waals surface area contributed by atoms with E-state index in [0.717, 1.165) is 16.7 Å². The standard InChI is InChI=1S/C13H10O4S/c1-17-10-5-8(4-9(6-10)13(15)16)12-3-2-11(7-14)18-12/h2-7H,1H3,(H,15,16). The average Bonchev–Trinajstić information content (AvgIpc) is 2.86. The van der Waals surface area contributed by atoms with Crippen molar-refractivity contribution in [3.63, 3.8) is 0 Å². The van der Waals surface area contributed by atoms with Crippen molar-refractivity contribution in [2.24, 2.45) is 0 Å². The number of ether oxygens (including phenoxy) is 1. The minimum atomic E-state index is -1.01. The molecule has 0 bridgehead atoms. The molecule has 0 saturated heterocycles. The van der Waals surface area contributed by atoms with Crippen LogP contribution in [0.3, 0.4) is 0 Å². The van der Waals surface area contributed by atoms with E-state index < -0.39 is 5.97 Å². The van der Waals surface area contributed by atoms with Crippen LogP contribution in [-0.4, -0.2) is 24.5 Å². The van der Waals surface area contributed by atoms with Crippen molar-refractivity contribution < 1.29 is 19.4 Å².